The fourth-order valence-electron chi connectivity index (χ4n) is 0.950. The second-order valence-corrected chi connectivity index (χ2v) is 4.51. The van der Waals surface area contributed by atoms with Gasteiger partial charge >= 0.3 is 0 Å². The fraction of sp³-hybridized carbons (Fsp3) is 0.222. The molecule has 1 aromatic rings. The molecule has 0 spiro atoms. The van der Waals surface area contributed by atoms with Crippen molar-refractivity contribution in [2.24, 2.45) is 0 Å². The van der Waals surface area contributed by atoms with Gasteiger partial charge in [0.2, 0.25) is 0 Å². The molecule has 0 aliphatic heterocycles. The number of aromatic hydroxyl groups is 1. The quantitative estimate of drug-likeness (QED) is 0.852. The number of benzene rings is 1. The Morgan fingerprint density at radius 1 is 1.54 bits per heavy atom. The summed E-state index contributed by atoms with van der Waals surface area (Å²) in [7, 11) is 0. The lowest BCUT2D eigenvalue weighted by Gasteiger charge is -2.08. The predicted molar refractivity (Wildman–Crippen MR) is 58.2 cm³/mol. The van der Waals surface area contributed by atoms with Crippen molar-refractivity contribution >= 4 is 37.6 Å². The standard InChI is InChI=1S/C9H8Br2O2/c1-5(12)9(11)7-3-2-6(10)4-8(7)13/h2-4,9,13H,1H3. The average molecular weight is 308 g/mol. The molecule has 2 nitrogen and oxygen atoms in total. The molecule has 0 radical (unpaired) electrons. The van der Waals surface area contributed by atoms with Gasteiger partial charge in [-0.25, -0.2) is 0 Å². The number of carbonyl (C=O) groups excluding carboxylic acids is 1. The van der Waals surface area contributed by atoms with Gasteiger partial charge in [-0.15, -0.1) is 0 Å². The van der Waals surface area contributed by atoms with Gasteiger partial charge in [0.05, 0.1) is 0 Å². The molecule has 1 rings (SSSR count). The van der Waals surface area contributed by atoms with Crippen molar-refractivity contribution in [3.05, 3.63) is 28.2 Å². The van der Waals surface area contributed by atoms with Crippen molar-refractivity contribution < 1.29 is 9.90 Å². The molecule has 0 saturated heterocycles. The van der Waals surface area contributed by atoms with Crippen LogP contribution in [-0.4, -0.2) is 10.9 Å². The third kappa shape index (κ3) is 2.54. The lowest BCUT2D eigenvalue weighted by molar-refractivity contribution is -0.116. The summed E-state index contributed by atoms with van der Waals surface area (Å²) in [4.78, 5) is 10.6. The molecule has 0 saturated carbocycles. The third-order valence-electron chi connectivity index (χ3n) is 1.62. The summed E-state index contributed by atoms with van der Waals surface area (Å²) in [6, 6.07) is 5.05. The normalized spacial score (nSPS) is 12.5. The smallest absolute Gasteiger partial charge is 0.147 e. The van der Waals surface area contributed by atoms with Crippen LogP contribution in [0.5, 0.6) is 5.75 Å². The summed E-state index contributed by atoms with van der Waals surface area (Å²) in [6.07, 6.45) is 0. The highest BCUT2D eigenvalue weighted by Crippen LogP contribution is 2.32. The van der Waals surface area contributed by atoms with Crippen molar-refractivity contribution in [3.63, 3.8) is 0 Å². The molecule has 0 aliphatic rings. The van der Waals surface area contributed by atoms with E-state index in [2.05, 4.69) is 31.9 Å². The molecule has 13 heavy (non-hydrogen) atoms. The molecule has 4 heteroatoms. The lowest BCUT2D eigenvalue weighted by Crippen LogP contribution is -2.00. The molecule has 1 atom stereocenters. The van der Waals surface area contributed by atoms with Crippen LogP contribution in [-0.2, 0) is 4.79 Å². The first-order valence-electron chi connectivity index (χ1n) is 3.65. The van der Waals surface area contributed by atoms with Crippen LogP contribution in [0.3, 0.4) is 0 Å². The van der Waals surface area contributed by atoms with Gasteiger partial charge in [0.25, 0.3) is 0 Å². The van der Waals surface area contributed by atoms with Crippen LogP contribution in [0.1, 0.15) is 17.3 Å². The Morgan fingerprint density at radius 3 is 2.62 bits per heavy atom. The Bertz CT molecular complexity index is 336. The maximum Gasteiger partial charge on any atom is 0.147 e. The number of phenolic OH excluding ortho intramolecular Hbond substituents is 1. The number of halogens is 2. The fourth-order valence-corrected chi connectivity index (χ4v) is 1.69. The second kappa shape index (κ2) is 4.24. The van der Waals surface area contributed by atoms with Crippen molar-refractivity contribution in [1.29, 1.82) is 0 Å². The number of ketones is 1. The van der Waals surface area contributed by atoms with Crippen LogP contribution < -0.4 is 0 Å². The predicted octanol–water partition coefficient (Wildman–Crippen LogP) is 3.18. The van der Waals surface area contributed by atoms with E-state index in [1.54, 1.807) is 18.2 Å². The summed E-state index contributed by atoms with van der Waals surface area (Å²) in [5, 5.41) is 9.50. The molecule has 0 aromatic heterocycles. The highest BCUT2D eigenvalue weighted by Gasteiger charge is 2.16. The number of phenols is 1. The summed E-state index contributed by atoms with van der Waals surface area (Å²) in [5.41, 5.74) is 0.593. The number of carbonyl (C=O) groups is 1. The van der Waals surface area contributed by atoms with Crippen molar-refractivity contribution in [2.75, 3.05) is 0 Å². The van der Waals surface area contributed by atoms with E-state index in [4.69, 9.17) is 0 Å². The molecule has 0 heterocycles. The molecule has 1 N–H and O–H groups in total. The van der Waals surface area contributed by atoms with Gasteiger partial charge in [0.15, 0.2) is 0 Å². The first-order chi connectivity index (χ1) is 6.02. The van der Waals surface area contributed by atoms with Crippen LogP contribution >= 0.6 is 31.9 Å². The summed E-state index contributed by atoms with van der Waals surface area (Å²) < 4.78 is 0.789. The van der Waals surface area contributed by atoms with Crippen molar-refractivity contribution in [2.45, 2.75) is 11.8 Å². The minimum absolute atomic E-state index is 0.0300. The Hall–Kier alpha value is -0.350. The van der Waals surface area contributed by atoms with Crippen molar-refractivity contribution in [1.82, 2.24) is 0 Å². The number of alkyl halides is 1. The Labute approximate surface area is 93.2 Å². The van der Waals surface area contributed by atoms with E-state index in [1.807, 2.05) is 0 Å². The highest BCUT2D eigenvalue weighted by molar-refractivity contribution is 9.10. The van der Waals surface area contributed by atoms with Gasteiger partial charge in [-0.05, 0) is 19.1 Å². The molecule has 0 aliphatic carbocycles. The van der Waals surface area contributed by atoms with E-state index < -0.39 is 4.83 Å². The van der Waals surface area contributed by atoms with Crippen LogP contribution in [0.25, 0.3) is 0 Å². The van der Waals surface area contributed by atoms with Crippen LogP contribution in [0.4, 0.5) is 0 Å². The topological polar surface area (TPSA) is 37.3 Å². The van der Waals surface area contributed by atoms with E-state index in [0.717, 1.165) is 4.47 Å². The summed E-state index contributed by atoms with van der Waals surface area (Å²) >= 11 is 6.42. The molecule has 70 valence electrons. The molecule has 0 amide bonds. The first kappa shape index (κ1) is 10.7. The van der Waals surface area contributed by atoms with E-state index in [0.29, 0.717) is 5.56 Å². The first-order valence-corrected chi connectivity index (χ1v) is 5.36. The number of hydrogen-bond donors (Lipinski definition) is 1. The zero-order valence-corrected chi connectivity index (χ0v) is 10.1. The summed E-state index contributed by atoms with van der Waals surface area (Å²) in [6.45, 7) is 1.47. The number of rotatable bonds is 2. The summed E-state index contributed by atoms with van der Waals surface area (Å²) in [5.74, 6) is 0.0871. The average Bonchev–Trinajstić information content (AvgIpc) is 2.03. The SMILES string of the molecule is CC(=O)C(Br)c1ccc(Br)cc1O. The van der Waals surface area contributed by atoms with E-state index in [-0.39, 0.29) is 11.5 Å². The monoisotopic (exact) mass is 306 g/mol. The minimum atomic E-state index is -0.430. The third-order valence-corrected chi connectivity index (χ3v) is 3.25. The van der Waals surface area contributed by atoms with Crippen LogP contribution in [0.15, 0.2) is 22.7 Å². The van der Waals surface area contributed by atoms with Gasteiger partial charge in [0.1, 0.15) is 16.4 Å². The zero-order chi connectivity index (χ0) is 10.0. The molecule has 0 bridgehead atoms. The van der Waals surface area contributed by atoms with E-state index >= 15 is 0 Å². The Kier molecular flexibility index (Phi) is 3.50. The maximum absolute atomic E-state index is 11.0. The van der Waals surface area contributed by atoms with Gasteiger partial charge in [0, 0.05) is 10.0 Å². The van der Waals surface area contributed by atoms with E-state index in [9.17, 15) is 9.90 Å². The largest absolute Gasteiger partial charge is 0.508 e. The van der Waals surface area contributed by atoms with E-state index in [1.165, 1.54) is 6.92 Å². The molecule has 0 fully saturated rings. The molecular formula is C9H8Br2O2. The Balaban J connectivity index is 3.08. The number of hydrogen-bond acceptors (Lipinski definition) is 2. The lowest BCUT2D eigenvalue weighted by atomic mass is 10.1. The number of Topliss-reactive ketones (excluding diaryl/α,β-unsaturated/α-hetero) is 1. The Morgan fingerprint density at radius 2 is 2.15 bits per heavy atom. The van der Waals surface area contributed by atoms with Gasteiger partial charge in [-0.3, -0.25) is 4.79 Å². The highest BCUT2D eigenvalue weighted by atomic mass is 79.9. The van der Waals surface area contributed by atoms with Crippen molar-refractivity contribution in [3.8, 4) is 5.75 Å². The van der Waals surface area contributed by atoms with Crippen LogP contribution in [0, 0.1) is 0 Å². The second-order valence-electron chi connectivity index (χ2n) is 2.68. The maximum atomic E-state index is 11.0. The molecular weight excluding hydrogens is 300 g/mol. The zero-order valence-electron chi connectivity index (χ0n) is 6.92. The van der Waals surface area contributed by atoms with Crippen LogP contribution in [0.2, 0.25) is 0 Å². The van der Waals surface area contributed by atoms with Gasteiger partial charge in [-0.2, -0.15) is 0 Å². The minimum Gasteiger partial charge on any atom is -0.508 e. The molecule has 1 unspecified atom stereocenters. The van der Waals surface area contributed by atoms with Gasteiger partial charge in [-0.1, -0.05) is 37.9 Å². The van der Waals surface area contributed by atoms with Gasteiger partial charge < -0.3 is 5.11 Å². The molecule has 1 aromatic carbocycles.